The summed E-state index contributed by atoms with van der Waals surface area (Å²) in [6.45, 7) is 4.19. The lowest BCUT2D eigenvalue weighted by Gasteiger charge is -2.25. The third-order valence-electron chi connectivity index (χ3n) is 4.51. The fourth-order valence-corrected chi connectivity index (χ4v) is 5.05. The molecule has 154 valence electrons. The summed E-state index contributed by atoms with van der Waals surface area (Å²) in [5.74, 6) is 0.730. The van der Waals surface area contributed by atoms with E-state index in [1.54, 1.807) is 23.5 Å². The van der Waals surface area contributed by atoms with E-state index in [-0.39, 0.29) is 17.2 Å². The molecule has 0 saturated carbocycles. The van der Waals surface area contributed by atoms with Gasteiger partial charge in [-0.1, -0.05) is 0 Å². The van der Waals surface area contributed by atoms with Crippen molar-refractivity contribution in [3.8, 4) is 11.5 Å². The Morgan fingerprint density at radius 3 is 2.68 bits per heavy atom. The van der Waals surface area contributed by atoms with Crippen molar-refractivity contribution in [3.05, 3.63) is 34.3 Å². The summed E-state index contributed by atoms with van der Waals surface area (Å²) < 4.78 is 43.1. The van der Waals surface area contributed by atoms with Gasteiger partial charge in [0.05, 0.1) is 46.2 Å². The molecule has 2 aromatic rings. The second-order valence-corrected chi connectivity index (χ2v) is 9.35. The first kappa shape index (κ1) is 21.0. The molecule has 8 nitrogen and oxygen atoms in total. The summed E-state index contributed by atoms with van der Waals surface area (Å²) in [7, 11) is 0.709. The van der Waals surface area contributed by atoms with Gasteiger partial charge in [-0.3, -0.25) is 4.90 Å². The van der Waals surface area contributed by atoms with Crippen LogP contribution in [0.3, 0.4) is 0 Å². The molecule has 28 heavy (non-hydrogen) atoms. The Kier molecular flexibility index (Phi) is 6.89. The Morgan fingerprint density at radius 1 is 1.25 bits per heavy atom. The van der Waals surface area contributed by atoms with Crippen LogP contribution in [0.15, 0.2) is 28.5 Å². The molecule has 0 N–H and O–H groups in total. The molecule has 0 bridgehead atoms. The van der Waals surface area contributed by atoms with Gasteiger partial charge in [0, 0.05) is 31.6 Å². The van der Waals surface area contributed by atoms with Gasteiger partial charge >= 0.3 is 0 Å². The third kappa shape index (κ3) is 4.81. The van der Waals surface area contributed by atoms with Crippen LogP contribution < -0.4 is 9.47 Å². The van der Waals surface area contributed by atoms with Crippen molar-refractivity contribution < 1.29 is 22.6 Å². The normalized spacial score (nSPS) is 15.7. The summed E-state index contributed by atoms with van der Waals surface area (Å²) >= 11 is 1.55. The second kappa shape index (κ2) is 9.19. The fourth-order valence-electron chi connectivity index (χ4n) is 2.91. The molecule has 0 radical (unpaired) electrons. The van der Waals surface area contributed by atoms with E-state index < -0.39 is 10.0 Å². The smallest absolute Gasteiger partial charge is 0.247 e. The SMILES string of the molecule is COc1ccc(OC)c(S(=O)(=O)N(C)Cc2csc(CN3CCOCC3)n2)c1. The molecule has 0 amide bonds. The first-order valence-electron chi connectivity index (χ1n) is 8.86. The highest BCUT2D eigenvalue weighted by Crippen LogP contribution is 2.30. The Labute approximate surface area is 169 Å². The third-order valence-corrected chi connectivity index (χ3v) is 7.21. The Balaban J connectivity index is 1.72. The summed E-state index contributed by atoms with van der Waals surface area (Å²) in [5, 5.41) is 2.88. The first-order valence-corrected chi connectivity index (χ1v) is 11.2. The average molecular weight is 428 g/mol. The van der Waals surface area contributed by atoms with Gasteiger partial charge in [-0.25, -0.2) is 13.4 Å². The highest BCUT2D eigenvalue weighted by Gasteiger charge is 2.26. The van der Waals surface area contributed by atoms with E-state index in [1.165, 1.54) is 31.6 Å². The van der Waals surface area contributed by atoms with Crippen LogP contribution in [0.2, 0.25) is 0 Å². The van der Waals surface area contributed by atoms with Gasteiger partial charge in [0.2, 0.25) is 10.0 Å². The quantitative estimate of drug-likeness (QED) is 0.636. The number of rotatable bonds is 8. The van der Waals surface area contributed by atoms with Crippen molar-refractivity contribution in [3.63, 3.8) is 0 Å². The Bertz CT molecular complexity index is 894. The standard InChI is InChI=1S/C18H25N3O5S2/c1-20(28(22,23)17-10-15(24-2)4-5-16(17)25-3)11-14-13-27-18(19-14)12-21-6-8-26-9-7-21/h4-5,10,13H,6-9,11-12H2,1-3H3. The molecule has 0 atom stereocenters. The monoisotopic (exact) mass is 427 g/mol. The van der Waals surface area contributed by atoms with Crippen LogP contribution in [0.5, 0.6) is 11.5 Å². The maximum absolute atomic E-state index is 13.1. The molecule has 1 aromatic heterocycles. The average Bonchev–Trinajstić information content (AvgIpc) is 3.14. The maximum Gasteiger partial charge on any atom is 0.247 e. The molecular formula is C18H25N3O5S2. The van der Waals surface area contributed by atoms with E-state index in [1.807, 2.05) is 5.38 Å². The van der Waals surface area contributed by atoms with E-state index in [4.69, 9.17) is 14.2 Å². The molecule has 1 aliphatic rings. The van der Waals surface area contributed by atoms with E-state index >= 15 is 0 Å². The zero-order valence-corrected chi connectivity index (χ0v) is 17.9. The van der Waals surface area contributed by atoms with Crippen molar-refractivity contribution in [2.24, 2.45) is 0 Å². The Morgan fingerprint density at radius 2 is 2.00 bits per heavy atom. The van der Waals surface area contributed by atoms with Crippen LogP contribution in [-0.4, -0.2) is 70.2 Å². The molecule has 0 aliphatic carbocycles. The highest BCUT2D eigenvalue weighted by atomic mass is 32.2. The number of morpholine rings is 1. The number of hydrogen-bond acceptors (Lipinski definition) is 8. The summed E-state index contributed by atoms with van der Waals surface area (Å²) in [6.07, 6.45) is 0. The molecule has 1 aromatic carbocycles. The number of sulfonamides is 1. The lowest BCUT2D eigenvalue weighted by atomic mass is 10.3. The Hall–Kier alpha value is -1.72. The van der Waals surface area contributed by atoms with Crippen LogP contribution in [0.4, 0.5) is 0 Å². The summed E-state index contributed by atoms with van der Waals surface area (Å²) in [5.41, 5.74) is 0.723. The van der Waals surface area contributed by atoms with Gasteiger partial charge in [-0.2, -0.15) is 4.31 Å². The molecule has 1 fully saturated rings. The number of hydrogen-bond donors (Lipinski definition) is 0. The van der Waals surface area contributed by atoms with Crippen LogP contribution >= 0.6 is 11.3 Å². The molecule has 2 heterocycles. The minimum atomic E-state index is -3.76. The van der Waals surface area contributed by atoms with Gasteiger partial charge in [-0.05, 0) is 12.1 Å². The lowest BCUT2D eigenvalue weighted by Crippen LogP contribution is -2.35. The minimum absolute atomic E-state index is 0.0700. The van der Waals surface area contributed by atoms with Crippen molar-refractivity contribution in [2.45, 2.75) is 18.0 Å². The molecule has 1 saturated heterocycles. The zero-order chi connectivity index (χ0) is 20.1. The van der Waals surface area contributed by atoms with Crippen LogP contribution in [0, 0.1) is 0 Å². The van der Waals surface area contributed by atoms with Crippen molar-refractivity contribution in [1.29, 1.82) is 0 Å². The first-order chi connectivity index (χ1) is 13.4. The fraction of sp³-hybridized carbons (Fsp3) is 0.500. The molecule has 10 heteroatoms. The number of aromatic nitrogens is 1. The molecule has 0 spiro atoms. The number of thiazole rings is 1. The summed E-state index contributed by atoms with van der Waals surface area (Å²) in [4.78, 5) is 6.96. The molecule has 1 aliphatic heterocycles. The second-order valence-electron chi connectivity index (χ2n) is 6.40. The zero-order valence-electron chi connectivity index (χ0n) is 16.3. The lowest BCUT2D eigenvalue weighted by molar-refractivity contribution is 0.0341. The number of ether oxygens (including phenoxy) is 3. The van der Waals surface area contributed by atoms with Gasteiger partial charge in [0.15, 0.2) is 0 Å². The van der Waals surface area contributed by atoms with Crippen molar-refractivity contribution in [1.82, 2.24) is 14.2 Å². The maximum atomic E-state index is 13.1. The van der Waals surface area contributed by atoms with E-state index in [0.717, 1.165) is 43.5 Å². The van der Waals surface area contributed by atoms with Crippen molar-refractivity contribution in [2.75, 3.05) is 47.6 Å². The number of nitrogens with zero attached hydrogens (tertiary/aromatic N) is 3. The van der Waals surface area contributed by atoms with Gasteiger partial charge in [0.1, 0.15) is 21.4 Å². The molecular weight excluding hydrogens is 402 g/mol. The topological polar surface area (TPSA) is 81.2 Å². The number of benzene rings is 1. The van der Waals surface area contributed by atoms with E-state index in [0.29, 0.717) is 5.75 Å². The van der Waals surface area contributed by atoms with E-state index in [9.17, 15) is 8.42 Å². The van der Waals surface area contributed by atoms with E-state index in [2.05, 4.69) is 9.88 Å². The minimum Gasteiger partial charge on any atom is -0.497 e. The van der Waals surface area contributed by atoms with Gasteiger partial charge in [0.25, 0.3) is 0 Å². The molecule has 3 rings (SSSR count). The highest BCUT2D eigenvalue weighted by molar-refractivity contribution is 7.89. The predicted molar refractivity (Wildman–Crippen MR) is 106 cm³/mol. The van der Waals surface area contributed by atoms with Crippen LogP contribution in [-0.2, 0) is 27.8 Å². The van der Waals surface area contributed by atoms with Gasteiger partial charge < -0.3 is 14.2 Å². The predicted octanol–water partition coefficient (Wildman–Crippen LogP) is 1.81. The molecule has 0 unspecified atom stereocenters. The largest absolute Gasteiger partial charge is 0.497 e. The van der Waals surface area contributed by atoms with Crippen LogP contribution in [0.1, 0.15) is 10.7 Å². The van der Waals surface area contributed by atoms with Gasteiger partial charge in [-0.15, -0.1) is 11.3 Å². The number of methoxy groups -OCH3 is 2. The van der Waals surface area contributed by atoms with Crippen LogP contribution in [0.25, 0.3) is 0 Å². The summed E-state index contributed by atoms with van der Waals surface area (Å²) in [6, 6.07) is 4.72. The van der Waals surface area contributed by atoms with Crippen molar-refractivity contribution >= 4 is 21.4 Å².